The summed E-state index contributed by atoms with van der Waals surface area (Å²) in [6, 6.07) is 10.1. The Bertz CT molecular complexity index is 935. The number of halogens is 2. The van der Waals surface area contributed by atoms with E-state index in [1.807, 2.05) is 12.1 Å². The van der Waals surface area contributed by atoms with Gasteiger partial charge >= 0.3 is 0 Å². The van der Waals surface area contributed by atoms with Gasteiger partial charge in [0.2, 0.25) is 15.9 Å². The van der Waals surface area contributed by atoms with Gasteiger partial charge in [-0.1, -0.05) is 12.1 Å². The molecule has 0 aliphatic heterocycles. The van der Waals surface area contributed by atoms with Crippen molar-refractivity contribution in [1.29, 1.82) is 0 Å². The van der Waals surface area contributed by atoms with E-state index in [1.54, 1.807) is 19.2 Å². The summed E-state index contributed by atoms with van der Waals surface area (Å²) in [5.41, 5.74) is 0.880. The average Bonchev–Trinajstić information content (AvgIpc) is 2.65. The second-order valence-electron chi connectivity index (χ2n) is 6.17. The van der Waals surface area contributed by atoms with Crippen LogP contribution in [0.3, 0.4) is 0 Å². The SMILES string of the molecule is COc1cccc(CNC(=O)CCCN(c2ccc(F)c(F)c2)S(C)(=O)=O)c1. The number of rotatable bonds is 9. The van der Waals surface area contributed by atoms with Gasteiger partial charge in [-0.2, -0.15) is 0 Å². The van der Waals surface area contributed by atoms with E-state index < -0.39 is 21.7 Å². The van der Waals surface area contributed by atoms with Crippen LogP contribution in [0, 0.1) is 11.6 Å². The molecule has 0 spiro atoms. The first-order valence-corrected chi connectivity index (χ1v) is 10.4. The number of nitrogens with one attached hydrogen (secondary N) is 1. The molecule has 2 aromatic rings. The van der Waals surface area contributed by atoms with Crippen molar-refractivity contribution in [3.8, 4) is 5.75 Å². The number of carbonyl (C=O) groups is 1. The van der Waals surface area contributed by atoms with Crippen LogP contribution in [0.4, 0.5) is 14.5 Å². The van der Waals surface area contributed by atoms with Crippen molar-refractivity contribution in [3.63, 3.8) is 0 Å². The molecule has 2 aromatic carbocycles. The summed E-state index contributed by atoms with van der Waals surface area (Å²) in [7, 11) is -2.16. The van der Waals surface area contributed by atoms with Crippen LogP contribution in [0.1, 0.15) is 18.4 Å². The van der Waals surface area contributed by atoms with Gasteiger partial charge in [0, 0.05) is 25.6 Å². The van der Waals surface area contributed by atoms with E-state index in [9.17, 15) is 22.0 Å². The van der Waals surface area contributed by atoms with Crippen LogP contribution in [-0.4, -0.2) is 34.2 Å². The zero-order valence-electron chi connectivity index (χ0n) is 15.6. The molecule has 9 heteroatoms. The highest BCUT2D eigenvalue weighted by molar-refractivity contribution is 7.92. The fourth-order valence-corrected chi connectivity index (χ4v) is 3.54. The van der Waals surface area contributed by atoms with Gasteiger partial charge in [0.05, 0.1) is 19.1 Å². The largest absolute Gasteiger partial charge is 0.497 e. The third kappa shape index (κ3) is 6.19. The number of benzene rings is 2. The van der Waals surface area contributed by atoms with Crippen molar-refractivity contribution in [2.45, 2.75) is 19.4 Å². The minimum atomic E-state index is -3.71. The smallest absolute Gasteiger partial charge is 0.232 e. The van der Waals surface area contributed by atoms with Crippen molar-refractivity contribution in [2.24, 2.45) is 0 Å². The predicted octanol–water partition coefficient (Wildman–Crippen LogP) is 2.84. The number of hydrogen-bond acceptors (Lipinski definition) is 4. The van der Waals surface area contributed by atoms with Gasteiger partial charge in [0.25, 0.3) is 0 Å². The number of hydrogen-bond donors (Lipinski definition) is 1. The van der Waals surface area contributed by atoms with E-state index in [0.29, 0.717) is 12.3 Å². The summed E-state index contributed by atoms with van der Waals surface area (Å²) in [4.78, 5) is 12.0. The highest BCUT2D eigenvalue weighted by Gasteiger charge is 2.19. The summed E-state index contributed by atoms with van der Waals surface area (Å²) in [6.07, 6.45) is 1.27. The quantitative estimate of drug-likeness (QED) is 0.687. The Morgan fingerprint density at radius 2 is 1.89 bits per heavy atom. The molecule has 1 N–H and O–H groups in total. The molecule has 0 saturated heterocycles. The van der Waals surface area contributed by atoms with E-state index in [0.717, 1.165) is 28.3 Å². The molecule has 152 valence electrons. The number of ether oxygens (including phenoxy) is 1. The van der Waals surface area contributed by atoms with Crippen LogP contribution in [0.5, 0.6) is 5.75 Å². The molecule has 2 rings (SSSR count). The summed E-state index contributed by atoms with van der Waals surface area (Å²) >= 11 is 0. The zero-order chi connectivity index (χ0) is 20.7. The Balaban J connectivity index is 1.91. The number of amides is 1. The van der Waals surface area contributed by atoms with Crippen molar-refractivity contribution < 1.29 is 26.7 Å². The lowest BCUT2D eigenvalue weighted by Gasteiger charge is -2.22. The first kappa shape index (κ1) is 21.6. The molecule has 0 aliphatic rings. The standard InChI is InChI=1S/C19H22F2N2O4S/c1-27-16-6-3-5-14(11-16)13-22-19(24)7-4-10-23(28(2,25)26)15-8-9-17(20)18(21)12-15/h3,5-6,8-9,11-12H,4,7,10,13H2,1-2H3,(H,22,24). The summed E-state index contributed by atoms with van der Waals surface area (Å²) in [6.45, 7) is 0.283. The first-order chi connectivity index (χ1) is 13.2. The van der Waals surface area contributed by atoms with Crippen LogP contribution < -0.4 is 14.4 Å². The monoisotopic (exact) mass is 412 g/mol. The van der Waals surface area contributed by atoms with Crippen LogP contribution in [0.25, 0.3) is 0 Å². The fourth-order valence-electron chi connectivity index (χ4n) is 2.58. The average molecular weight is 412 g/mol. The fraction of sp³-hybridized carbons (Fsp3) is 0.316. The third-order valence-corrected chi connectivity index (χ3v) is 5.17. The van der Waals surface area contributed by atoms with Gasteiger partial charge < -0.3 is 10.1 Å². The van der Waals surface area contributed by atoms with Gasteiger partial charge in [-0.3, -0.25) is 9.10 Å². The highest BCUT2D eigenvalue weighted by Crippen LogP contribution is 2.21. The van der Waals surface area contributed by atoms with E-state index in [2.05, 4.69) is 5.32 Å². The Morgan fingerprint density at radius 3 is 2.54 bits per heavy atom. The van der Waals surface area contributed by atoms with Crippen LogP contribution >= 0.6 is 0 Å². The van der Waals surface area contributed by atoms with Gasteiger partial charge in [0.1, 0.15) is 5.75 Å². The van der Waals surface area contributed by atoms with E-state index >= 15 is 0 Å². The number of nitrogens with zero attached hydrogens (tertiary/aromatic N) is 1. The second-order valence-corrected chi connectivity index (χ2v) is 8.07. The normalized spacial score (nSPS) is 11.1. The molecule has 0 heterocycles. The van der Waals surface area contributed by atoms with Gasteiger partial charge in [-0.05, 0) is 36.2 Å². The summed E-state index contributed by atoms with van der Waals surface area (Å²) in [5.74, 6) is -1.76. The van der Waals surface area contributed by atoms with Crippen LogP contribution in [0.2, 0.25) is 0 Å². The van der Waals surface area contributed by atoms with Crippen molar-refractivity contribution in [2.75, 3.05) is 24.2 Å². The highest BCUT2D eigenvalue weighted by atomic mass is 32.2. The maximum Gasteiger partial charge on any atom is 0.232 e. The van der Waals surface area contributed by atoms with Crippen molar-refractivity contribution >= 4 is 21.6 Å². The number of anilines is 1. The van der Waals surface area contributed by atoms with Crippen molar-refractivity contribution in [3.05, 3.63) is 59.7 Å². The molecule has 28 heavy (non-hydrogen) atoms. The maximum absolute atomic E-state index is 13.4. The molecule has 0 fully saturated rings. The predicted molar refractivity (Wildman–Crippen MR) is 103 cm³/mol. The minimum absolute atomic E-state index is 0.0122. The first-order valence-electron chi connectivity index (χ1n) is 8.53. The Kier molecular flexibility index (Phi) is 7.33. The summed E-state index contributed by atoms with van der Waals surface area (Å²) in [5, 5.41) is 2.75. The van der Waals surface area contributed by atoms with E-state index in [1.165, 1.54) is 6.07 Å². The van der Waals surface area contributed by atoms with Crippen LogP contribution in [-0.2, 0) is 21.4 Å². The number of carbonyl (C=O) groups excluding carboxylic acids is 1. The molecule has 0 aromatic heterocycles. The molecule has 0 radical (unpaired) electrons. The van der Waals surface area contributed by atoms with Gasteiger partial charge in [0.15, 0.2) is 11.6 Å². The topological polar surface area (TPSA) is 75.7 Å². The molecule has 0 atom stereocenters. The maximum atomic E-state index is 13.4. The lowest BCUT2D eigenvalue weighted by molar-refractivity contribution is -0.121. The molecule has 0 saturated carbocycles. The lowest BCUT2D eigenvalue weighted by Crippen LogP contribution is -2.32. The molecule has 0 bridgehead atoms. The van der Waals surface area contributed by atoms with Crippen LogP contribution in [0.15, 0.2) is 42.5 Å². The second kappa shape index (κ2) is 9.50. The molecular weight excluding hydrogens is 390 g/mol. The van der Waals surface area contributed by atoms with Crippen molar-refractivity contribution in [1.82, 2.24) is 5.32 Å². The minimum Gasteiger partial charge on any atom is -0.497 e. The number of sulfonamides is 1. The molecule has 0 unspecified atom stereocenters. The zero-order valence-corrected chi connectivity index (χ0v) is 16.4. The molecule has 6 nitrogen and oxygen atoms in total. The summed E-state index contributed by atoms with van der Waals surface area (Å²) < 4.78 is 56.5. The van der Waals surface area contributed by atoms with Gasteiger partial charge in [-0.25, -0.2) is 17.2 Å². The third-order valence-electron chi connectivity index (χ3n) is 3.98. The molecular formula is C19H22F2N2O4S. The number of methoxy groups -OCH3 is 1. The lowest BCUT2D eigenvalue weighted by atomic mass is 10.2. The van der Waals surface area contributed by atoms with E-state index in [-0.39, 0.29) is 31.0 Å². The van der Waals surface area contributed by atoms with Gasteiger partial charge in [-0.15, -0.1) is 0 Å². The molecule has 0 aliphatic carbocycles. The Hall–Kier alpha value is -2.68. The molecule has 1 amide bonds. The Morgan fingerprint density at radius 1 is 1.14 bits per heavy atom. The Labute approximate surface area is 163 Å². The van der Waals surface area contributed by atoms with E-state index in [4.69, 9.17) is 4.74 Å².